The van der Waals surface area contributed by atoms with Crippen LogP contribution in [0.5, 0.6) is 17.2 Å². The monoisotopic (exact) mass is 387 g/mol. The third-order valence-corrected chi connectivity index (χ3v) is 5.43. The molecule has 2 aromatic rings. The van der Waals surface area contributed by atoms with Crippen molar-refractivity contribution in [1.82, 2.24) is 9.88 Å². The maximum absolute atomic E-state index is 5.66. The maximum atomic E-state index is 5.66. The minimum Gasteiger partial charge on any atom is -0.493 e. The number of benzene rings is 1. The predicted octanol–water partition coefficient (Wildman–Crippen LogP) is 3.60. The molecule has 0 bridgehead atoms. The summed E-state index contributed by atoms with van der Waals surface area (Å²) in [5, 5.41) is 1.06. The van der Waals surface area contributed by atoms with Crippen LogP contribution in [0.25, 0.3) is 0 Å². The Morgan fingerprint density at radius 2 is 1.89 bits per heavy atom. The molecule has 0 saturated carbocycles. The van der Waals surface area contributed by atoms with Crippen LogP contribution in [0.15, 0.2) is 41.7 Å². The summed E-state index contributed by atoms with van der Waals surface area (Å²) < 4.78 is 16.6. The van der Waals surface area contributed by atoms with E-state index in [4.69, 9.17) is 19.2 Å². The minimum absolute atomic E-state index is 0.608. The van der Waals surface area contributed by atoms with E-state index < -0.39 is 0 Å². The van der Waals surface area contributed by atoms with Gasteiger partial charge in [-0.2, -0.15) is 0 Å². The summed E-state index contributed by atoms with van der Waals surface area (Å²) in [6.45, 7) is 2.26. The number of aliphatic imine (C=N–C) groups is 1. The van der Waals surface area contributed by atoms with Crippen LogP contribution in [-0.4, -0.2) is 48.7 Å². The number of pyridine rings is 1. The van der Waals surface area contributed by atoms with Gasteiger partial charge < -0.3 is 19.1 Å². The molecule has 1 aliphatic rings. The van der Waals surface area contributed by atoms with Gasteiger partial charge in [-0.15, -0.1) is 0 Å². The number of hydrogen-bond acceptors (Lipinski definition) is 7. The molecule has 27 heavy (non-hydrogen) atoms. The molecule has 0 atom stereocenters. The zero-order chi connectivity index (χ0) is 19.1. The van der Waals surface area contributed by atoms with Crippen molar-refractivity contribution in [2.75, 3.05) is 33.6 Å². The van der Waals surface area contributed by atoms with Crippen molar-refractivity contribution in [2.45, 2.75) is 19.5 Å². The summed E-state index contributed by atoms with van der Waals surface area (Å²) in [6.07, 6.45) is 4.81. The zero-order valence-corrected chi connectivity index (χ0v) is 16.8. The molecule has 6 nitrogen and oxygen atoms in total. The molecule has 7 heteroatoms. The summed E-state index contributed by atoms with van der Waals surface area (Å²) in [4.78, 5) is 11.2. The first kappa shape index (κ1) is 19.4. The highest BCUT2D eigenvalue weighted by molar-refractivity contribution is 8.13. The number of amidine groups is 1. The fourth-order valence-electron chi connectivity index (χ4n) is 3.04. The first-order chi connectivity index (χ1) is 13.3. The van der Waals surface area contributed by atoms with Crippen LogP contribution >= 0.6 is 11.8 Å². The first-order valence-electron chi connectivity index (χ1n) is 8.85. The van der Waals surface area contributed by atoms with Gasteiger partial charge in [0.15, 0.2) is 16.7 Å². The third kappa shape index (κ3) is 4.66. The number of ether oxygens (including phenoxy) is 3. The second kappa shape index (κ2) is 9.50. The molecule has 0 saturated heterocycles. The zero-order valence-electron chi connectivity index (χ0n) is 16.0. The largest absolute Gasteiger partial charge is 0.493 e. The summed E-state index contributed by atoms with van der Waals surface area (Å²) in [5.41, 5.74) is 2.17. The molecule has 144 valence electrons. The van der Waals surface area contributed by atoms with E-state index in [0.717, 1.165) is 41.6 Å². The van der Waals surface area contributed by atoms with Gasteiger partial charge in [0.05, 0.1) is 21.3 Å². The Labute approximate surface area is 164 Å². The first-order valence-corrected chi connectivity index (χ1v) is 9.84. The predicted molar refractivity (Wildman–Crippen MR) is 109 cm³/mol. The van der Waals surface area contributed by atoms with Crippen molar-refractivity contribution in [3.8, 4) is 17.2 Å². The normalized spacial score (nSPS) is 13.7. The standard InChI is InChI=1S/C20H25N3O3S/c1-24-17-8-7-16(18(25-2)19(17)26-3)14-23(20-22-10-5-11-27-20)13-15-6-4-9-21-12-15/h4,6-9,12H,5,10-11,13-14H2,1-3H3. The van der Waals surface area contributed by atoms with Gasteiger partial charge in [-0.05, 0) is 30.2 Å². The molecular weight excluding hydrogens is 362 g/mol. The van der Waals surface area contributed by atoms with E-state index in [9.17, 15) is 0 Å². The SMILES string of the molecule is COc1ccc(CN(Cc2cccnc2)C2=NCCCS2)c(OC)c1OC. The van der Waals surface area contributed by atoms with Gasteiger partial charge in [-0.25, -0.2) is 0 Å². The van der Waals surface area contributed by atoms with Crippen molar-refractivity contribution in [1.29, 1.82) is 0 Å². The molecule has 0 radical (unpaired) electrons. The lowest BCUT2D eigenvalue weighted by Gasteiger charge is -2.28. The topological polar surface area (TPSA) is 56.2 Å². The molecule has 0 unspecified atom stereocenters. The number of methoxy groups -OCH3 is 3. The van der Waals surface area contributed by atoms with Gasteiger partial charge in [-0.3, -0.25) is 9.98 Å². The fourth-order valence-corrected chi connectivity index (χ4v) is 3.99. The molecule has 0 N–H and O–H groups in total. The second-order valence-corrected chi connectivity index (χ2v) is 7.14. The lowest BCUT2D eigenvalue weighted by molar-refractivity contribution is 0.316. The Hall–Kier alpha value is -2.41. The van der Waals surface area contributed by atoms with Gasteiger partial charge in [0.1, 0.15) is 0 Å². The van der Waals surface area contributed by atoms with E-state index in [2.05, 4.69) is 16.0 Å². The van der Waals surface area contributed by atoms with E-state index in [1.807, 2.05) is 24.4 Å². The molecule has 0 aliphatic carbocycles. The van der Waals surface area contributed by atoms with Gasteiger partial charge in [0.2, 0.25) is 5.75 Å². The summed E-state index contributed by atoms with van der Waals surface area (Å²) >= 11 is 1.80. The molecular formula is C20H25N3O3S. The lowest BCUT2D eigenvalue weighted by atomic mass is 10.1. The smallest absolute Gasteiger partial charge is 0.203 e. The highest BCUT2D eigenvalue weighted by Crippen LogP contribution is 2.40. The Morgan fingerprint density at radius 1 is 1.04 bits per heavy atom. The van der Waals surface area contributed by atoms with Crippen molar-refractivity contribution >= 4 is 16.9 Å². The molecule has 0 spiro atoms. The summed E-state index contributed by atoms with van der Waals surface area (Å²) in [5.74, 6) is 3.04. The highest BCUT2D eigenvalue weighted by Gasteiger charge is 2.21. The Balaban J connectivity index is 1.93. The molecule has 2 heterocycles. The quantitative estimate of drug-likeness (QED) is 0.724. The molecule has 0 amide bonds. The van der Waals surface area contributed by atoms with Gasteiger partial charge >= 0.3 is 0 Å². The van der Waals surface area contributed by atoms with Crippen LogP contribution in [-0.2, 0) is 13.1 Å². The fraction of sp³-hybridized carbons (Fsp3) is 0.400. The van der Waals surface area contributed by atoms with E-state index in [1.54, 1.807) is 39.3 Å². The van der Waals surface area contributed by atoms with Crippen molar-refractivity contribution < 1.29 is 14.2 Å². The van der Waals surface area contributed by atoms with Crippen LogP contribution in [0.1, 0.15) is 17.5 Å². The Morgan fingerprint density at radius 3 is 2.52 bits per heavy atom. The average molecular weight is 388 g/mol. The third-order valence-electron chi connectivity index (χ3n) is 4.29. The lowest BCUT2D eigenvalue weighted by Crippen LogP contribution is -2.30. The molecule has 0 fully saturated rings. The van der Waals surface area contributed by atoms with Crippen molar-refractivity contribution in [3.63, 3.8) is 0 Å². The van der Waals surface area contributed by atoms with Crippen LogP contribution in [0.4, 0.5) is 0 Å². The number of nitrogens with zero attached hydrogens (tertiary/aromatic N) is 3. The van der Waals surface area contributed by atoms with Gasteiger partial charge in [0, 0.05) is 43.3 Å². The second-order valence-electron chi connectivity index (χ2n) is 6.08. The minimum atomic E-state index is 0.608. The Kier molecular flexibility index (Phi) is 6.81. The highest BCUT2D eigenvalue weighted by atomic mass is 32.2. The number of rotatable bonds is 7. The van der Waals surface area contributed by atoms with Crippen LogP contribution in [0, 0.1) is 0 Å². The van der Waals surface area contributed by atoms with Gasteiger partial charge in [0.25, 0.3) is 0 Å². The van der Waals surface area contributed by atoms with Crippen LogP contribution < -0.4 is 14.2 Å². The average Bonchev–Trinajstić information content (AvgIpc) is 2.74. The molecule has 3 rings (SSSR count). The summed E-state index contributed by atoms with van der Waals surface area (Å²) in [7, 11) is 4.90. The van der Waals surface area contributed by atoms with Gasteiger partial charge in [-0.1, -0.05) is 17.8 Å². The van der Waals surface area contributed by atoms with Crippen molar-refractivity contribution in [3.05, 3.63) is 47.8 Å². The van der Waals surface area contributed by atoms with E-state index in [1.165, 1.54) is 0 Å². The van der Waals surface area contributed by atoms with Crippen molar-refractivity contribution in [2.24, 2.45) is 4.99 Å². The Bertz CT molecular complexity index is 784. The van der Waals surface area contributed by atoms with E-state index in [0.29, 0.717) is 23.8 Å². The van der Waals surface area contributed by atoms with Crippen LogP contribution in [0.3, 0.4) is 0 Å². The number of thioether (sulfide) groups is 1. The van der Waals surface area contributed by atoms with E-state index in [-0.39, 0.29) is 0 Å². The number of aromatic nitrogens is 1. The number of hydrogen-bond donors (Lipinski definition) is 0. The molecule has 1 aliphatic heterocycles. The maximum Gasteiger partial charge on any atom is 0.203 e. The van der Waals surface area contributed by atoms with E-state index >= 15 is 0 Å². The molecule has 1 aromatic carbocycles. The molecule has 1 aromatic heterocycles. The summed E-state index contributed by atoms with van der Waals surface area (Å²) in [6, 6.07) is 7.97. The van der Waals surface area contributed by atoms with Crippen LogP contribution in [0.2, 0.25) is 0 Å².